The number of carbonyl (C=O) groups is 1. The number of piperazine rings is 1. The maximum Gasteiger partial charge on any atom is 0.255 e. The molecule has 0 radical (unpaired) electrons. The quantitative estimate of drug-likeness (QED) is 0.661. The van der Waals surface area contributed by atoms with Crippen LogP contribution in [0.2, 0.25) is 0 Å². The summed E-state index contributed by atoms with van der Waals surface area (Å²) >= 11 is 0. The van der Waals surface area contributed by atoms with Gasteiger partial charge >= 0.3 is 0 Å². The minimum Gasteiger partial charge on any atom is -0.493 e. The molecule has 1 saturated heterocycles. The van der Waals surface area contributed by atoms with Crippen LogP contribution in [0.25, 0.3) is 0 Å². The van der Waals surface area contributed by atoms with E-state index in [1.165, 1.54) is 43.4 Å². The Balaban J connectivity index is 1.38. The second-order valence-corrected chi connectivity index (χ2v) is 9.20. The lowest BCUT2D eigenvalue weighted by atomic mass is 9.95. The molecule has 4 rings (SSSR count). The van der Waals surface area contributed by atoms with Gasteiger partial charge in [0.25, 0.3) is 5.91 Å². The molecule has 2 fully saturated rings. The van der Waals surface area contributed by atoms with E-state index in [0.717, 1.165) is 55.5 Å². The zero-order chi connectivity index (χ0) is 22.7. The molecular formula is C26H37N3O3. The highest BCUT2D eigenvalue weighted by Gasteiger charge is 2.27. The van der Waals surface area contributed by atoms with Crippen molar-refractivity contribution in [2.24, 2.45) is 0 Å². The van der Waals surface area contributed by atoms with Crippen LogP contribution in [0.15, 0.2) is 24.3 Å². The molecule has 0 atom stereocenters. The van der Waals surface area contributed by atoms with Crippen LogP contribution in [0.4, 0.5) is 0 Å². The predicted molar refractivity (Wildman–Crippen MR) is 127 cm³/mol. The fourth-order valence-electron chi connectivity index (χ4n) is 5.41. The lowest BCUT2D eigenvalue weighted by Gasteiger charge is -2.35. The van der Waals surface area contributed by atoms with Crippen LogP contribution in [0.5, 0.6) is 11.5 Å². The summed E-state index contributed by atoms with van der Waals surface area (Å²) in [5.74, 6) is 1.69. The standard InChI is InChI=1S/C26H37N3O3/c1-19-16-23(20(2)29(19)22-8-6-5-7-9-22)26(30)28-14-12-27(13-15-28)18-21-10-11-24(31-3)25(17-21)32-4/h10-11,16-17,22H,5-9,12-15,18H2,1-4H3. The molecule has 0 spiro atoms. The fraction of sp³-hybridized carbons (Fsp3) is 0.577. The maximum atomic E-state index is 13.4. The van der Waals surface area contributed by atoms with Gasteiger partial charge in [-0.15, -0.1) is 0 Å². The number of methoxy groups -OCH3 is 2. The normalized spacial score (nSPS) is 18.1. The number of hydrogen-bond acceptors (Lipinski definition) is 4. The first-order valence-electron chi connectivity index (χ1n) is 11.9. The Labute approximate surface area is 192 Å². The molecule has 174 valence electrons. The first-order valence-corrected chi connectivity index (χ1v) is 11.9. The number of aryl methyl sites for hydroxylation is 1. The van der Waals surface area contributed by atoms with Crippen LogP contribution in [-0.4, -0.2) is 60.7 Å². The molecule has 1 amide bonds. The third-order valence-corrected chi connectivity index (χ3v) is 7.17. The number of nitrogens with zero attached hydrogens (tertiary/aromatic N) is 3. The molecule has 1 aromatic carbocycles. The Kier molecular flexibility index (Phi) is 7.09. The SMILES string of the molecule is COc1ccc(CN2CCN(C(=O)c3cc(C)n(C4CCCCC4)c3C)CC2)cc1OC. The largest absolute Gasteiger partial charge is 0.493 e. The summed E-state index contributed by atoms with van der Waals surface area (Å²) < 4.78 is 13.2. The average molecular weight is 440 g/mol. The van der Waals surface area contributed by atoms with Crippen LogP contribution < -0.4 is 9.47 Å². The average Bonchev–Trinajstić information content (AvgIpc) is 3.13. The Morgan fingerprint density at radius 2 is 1.62 bits per heavy atom. The van der Waals surface area contributed by atoms with E-state index in [1.807, 2.05) is 17.0 Å². The van der Waals surface area contributed by atoms with Gasteiger partial charge in [0.05, 0.1) is 19.8 Å². The Morgan fingerprint density at radius 1 is 0.938 bits per heavy atom. The highest BCUT2D eigenvalue weighted by Crippen LogP contribution is 2.33. The fourth-order valence-corrected chi connectivity index (χ4v) is 5.41. The van der Waals surface area contributed by atoms with E-state index in [4.69, 9.17) is 9.47 Å². The Morgan fingerprint density at radius 3 is 2.28 bits per heavy atom. The number of ether oxygens (including phenoxy) is 2. The Hall–Kier alpha value is -2.47. The van der Waals surface area contributed by atoms with E-state index in [1.54, 1.807) is 14.2 Å². The third kappa shape index (κ3) is 4.65. The van der Waals surface area contributed by atoms with E-state index >= 15 is 0 Å². The molecular weight excluding hydrogens is 402 g/mol. The van der Waals surface area contributed by atoms with Gasteiger partial charge in [0.2, 0.25) is 0 Å². The smallest absolute Gasteiger partial charge is 0.255 e. The lowest BCUT2D eigenvalue weighted by molar-refractivity contribution is 0.0627. The van der Waals surface area contributed by atoms with Crippen molar-refractivity contribution in [3.05, 3.63) is 46.8 Å². The summed E-state index contributed by atoms with van der Waals surface area (Å²) in [5, 5.41) is 0. The molecule has 0 N–H and O–H groups in total. The van der Waals surface area contributed by atoms with Crippen molar-refractivity contribution in [3.8, 4) is 11.5 Å². The van der Waals surface area contributed by atoms with Gasteiger partial charge < -0.3 is 18.9 Å². The number of amides is 1. The monoisotopic (exact) mass is 439 g/mol. The topological polar surface area (TPSA) is 46.9 Å². The molecule has 1 aliphatic carbocycles. The number of hydrogen-bond donors (Lipinski definition) is 0. The molecule has 32 heavy (non-hydrogen) atoms. The molecule has 1 aliphatic heterocycles. The minimum atomic E-state index is 0.186. The molecule has 6 nitrogen and oxygen atoms in total. The van der Waals surface area contributed by atoms with Gasteiger partial charge in [-0.3, -0.25) is 9.69 Å². The first-order chi connectivity index (χ1) is 15.5. The highest BCUT2D eigenvalue weighted by atomic mass is 16.5. The maximum absolute atomic E-state index is 13.4. The molecule has 2 aromatic rings. The third-order valence-electron chi connectivity index (χ3n) is 7.17. The number of aromatic nitrogens is 1. The van der Waals surface area contributed by atoms with Gasteiger partial charge in [0.15, 0.2) is 11.5 Å². The van der Waals surface area contributed by atoms with Gasteiger partial charge in [-0.05, 0) is 50.5 Å². The van der Waals surface area contributed by atoms with E-state index in [2.05, 4.69) is 35.4 Å². The Bertz CT molecular complexity index is 938. The lowest BCUT2D eigenvalue weighted by Crippen LogP contribution is -2.48. The van der Waals surface area contributed by atoms with Gasteiger partial charge in [0, 0.05) is 50.2 Å². The van der Waals surface area contributed by atoms with Crippen molar-refractivity contribution in [2.75, 3.05) is 40.4 Å². The van der Waals surface area contributed by atoms with Crippen LogP contribution in [0, 0.1) is 13.8 Å². The van der Waals surface area contributed by atoms with Gasteiger partial charge in [-0.1, -0.05) is 25.3 Å². The van der Waals surface area contributed by atoms with Crippen molar-refractivity contribution in [3.63, 3.8) is 0 Å². The van der Waals surface area contributed by atoms with Crippen molar-refractivity contribution in [1.29, 1.82) is 0 Å². The summed E-state index contributed by atoms with van der Waals surface area (Å²) in [6, 6.07) is 8.75. The molecule has 1 saturated carbocycles. The molecule has 1 aromatic heterocycles. The summed E-state index contributed by atoms with van der Waals surface area (Å²) in [5.41, 5.74) is 4.46. The van der Waals surface area contributed by atoms with Crippen LogP contribution in [0.3, 0.4) is 0 Å². The predicted octanol–water partition coefficient (Wildman–Crippen LogP) is 4.59. The zero-order valence-corrected chi connectivity index (χ0v) is 20.0. The van der Waals surface area contributed by atoms with E-state index in [-0.39, 0.29) is 5.91 Å². The summed E-state index contributed by atoms with van der Waals surface area (Å²) in [4.78, 5) is 17.8. The van der Waals surface area contributed by atoms with Crippen LogP contribution >= 0.6 is 0 Å². The van der Waals surface area contributed by atoms with E-state index in [0.29, 0.717) is 6.04 Å². The van der Waals surface area contributed by atoms with Crippen LogP contribution in [-0.2, 0) is 6.54 Å². The number of benzene rings is 1. The molecule has 6 heteroatoms. The molecule has 2 heterocycles. The summed E-state index contributed by atoms with van der Waals surface area (Å²) in [6.45, 7) is 8.40. The van der Waals surface area contributed by atoms with Crippen LogP contribution in [0.1, 0.15) is 65.5 Å². The molecule has 0 unspecified atom stereocenters. The second-order valence-electron chi connectivity index (χ2n) is 9.20. The van der Waals surface area contributed by atoms with Crippen molar-refractivity contribution < 1.29 is 14.3 Å². The number of carbonyl (C=O) groups excluding carboxylic acids is 1. The van der Waals surface area contributed by atoms with E-state index < -0.39 is 0 Å². The zero-order valence-electron chi connectivity index (χ0n) is 20.0. The van der Waals surface area contributed by atoms with Crippen molar-refractivity contribution in [1.82, 2.24) is 14.4 Å². The molecule has 2 aliphatic rings. The first kappa shape index (κ1) is 22.7. The van der Waals surface area contributed by atoms with Gasteiger partial charge in [0.1, 0.15) is 0 Å². The van der Waals surface area contributed by atoms with E-state index in [9.17, 15) is 4.79 Å². The van der Waals surface area contributed by atoms with Crippen molar-refractivity contribution >= 4 is 5.91 Å². The van der Waals surface area contributed by atoms with Crippen molar-refractivity contribution in [2.45, 2.75) is 58.5 Å². The second kappa shape index (κ2) is 9.99. The summed E-state index contributed by atoms with van der Waals surface area (Å²) in [7, 11) is 3.32. The number of rotatable bonds is 6. The minimum absolute atomic E-state index is 0.186. The van der Waals surface area contributed by atoms with Gasteiger partial charge in [-0.25, -0.2) is 0 Å². The highest BCUT2D eigenvalue weighted by molar-refractivity contribution is 5.95. The van der Waals surface area contributed by atoms with Gasteiger partial charge in [-0.2, -0.15) is 0 Å². The summed E-state index contributed by atoms with van der Waals surface area (Å²) in [6.07, 6.45) is 6.41. The molecule has 0 bridgehead atoms.